The molecule has 2 aromatic carbocycles. The van der Waals surface area contributed by atoms with Crippen LogP contribution >= 0.6 is 0 Å². The van der Waals surface area contributed by atoms with Crippen molar-refractivity contribution in [2.45, 2.75) is 12.6 Å². The first-order valence-corrected chi connectivity index (χ1v) is 10.0. The van der Waals surface area contributed by atoms with E-state index in [1.165, 1.54) is 11.0 Å². The van der Waals surface area contributed by atoms with E-state index < -0.39 is 12.1 Å². The van der Waals surface area contributed by atoms with Gasteiger partial charge in [-0.15, -0.1) is 0 Å². The molecular weight excluding hydrogens is 370 g/mol. The number of nitrogens with zero attached hydrogens (tertiary/aromatic N) is 1. The molecule has 7 heteroatoms. The molecule has 0 unspecified atom stereocenters. The first-order valence-electron chi connectivity index (χ1n) is 10.0. The van der Waals surface area contributed by atoms with Gasteiger partial charge < -0.3 is 29.8 Å². The first-order chi connectivity index (χ1) is 14.1. The molecule has 2 aliphatic rings. The SMILES string of the molecule is O=C([O-])c1ccccc1[C@H]1Nc2ccccc2C(=O)N1CCC[NH+]1CCOCC1. The number of fused-ring (bicyclic) bond motifs is 1. The summed E-state index contributed by atoms with van der Waals surface area (Å²) < 4.78 is 5.41. The van der Waals surface area contributed by atoms with Gasteiger partial charge in [0, 0.05) is 29.8 Å². The zero-order valence-electron chi connectivity index (χ0n) is 16.2. The summed E-state index contributed by atoms with van der Waals surface area (Å²) in [5.74, 6) is -1.33. The fourth-order valence-electron chi connectivity index (χ4n) is 4.10. The van der Waals surface area contributed by atoms with Gasteiger partial charge in [0.2, 0.25) is 0 Å². The summed E-state index contributed by atoms with van der Waals surface area (Å²) in [5, 5.41) is 15.0. The number of aromatic carboxylic acids is 1. The van der Waals surface area contributed by atoms with Crippen molar-refractivity contribution in [3.8, 4) is 0 Å². The van der Waals surface area contributed by atoms with Gasteiger partial charge in [-0.1, -0.05) is 36.4 Å². The standard InChI is InChI=1S/C22H25N3O4/c26-21-18-8-3-4-9-19(18)23-20(16-6-1-2-7-17(16)22(27)28)25(21)11-5-10-24-12-14-29-15-13-24/h1-4,6-9,20,23H,5,10-15H2,(H,27,28)/t20-/m0/s1. The quantitative estimate of drug-likeness (QED) is 0.715. The number of morpholine rings is 1. The summed E-state index contributed by atoms with van der Waals surface area (Å²) in [7, 11) is 0. The van der Waals surface area contributed by atoms with Gasteiger partial charge in [0.05, 0.1) is 31.3 Å². The molecule has 0 aromatic heterocycles. The van der Waals surface area contributed by atoms with Crippen LogP contribution in [-0.2, 0) is 4.74 Å². The molecule has 2 aliphatic heterocycles. The van der Waals surface area contributed by atoms with Crippen LogP contribution < -0.4 is 15.3 Å². The molecule has 2 heterocycles. The molecule has 1 amide bonds. The van der Waals surface area contributed by atoms with E-state index >= 15 is 0 Å². The van der Waals surface area contributed by atoms with Gasteiger partial charge in [0.15, 0.2) is 0 Å². The van der Waals surface area contributed by atoms with E-state index in [1.54, 1.807) is 29.2 Å². The Morgan fingerprint density at radius 3 is 2.66 bits per heavy atom. The van der Waals surface area contributed by atoms with Gasteiger partial charge in [-0.25, -0.2) is 0 Å². The van der Waals surface area contributed by atoms with E-state index in [1.807, 2.05) is 18.2 Å². The molecule has 7 nitrogen and oxygen atoms in total. The van der Waals surface area contributed by atoms with Crippen LogP contribution in [0.3, 0.4) is 0 Å². The highest BCUT2D eigenvalue weighted by atomic mass is 16.5. The van der Waals surface area contributed by atoms with E-state index in [9.17, 15) is 14.7 Å². The highest BCUT2D eigenvalue weighted by molar-refractivity contribution is 6.02. The van der Waals surface area contributed by atoms with E-state index in [0.717, 1.165) is 39.3 Å². The fraction of sp³-hybridized carbons (Fsp3) is 0.364. The molecule has 1 atom stereocenters. The van der Waals surface area contributed by atoms with Crippen molar-refractivity contribution in [1.29, 1.82) is 0 Å². The maximum atomic E-state index is 13.3. The maximum absolute atomic E-state index is 13.3. The monoisotopic (exact) mass is 395 g/mol. The van der Waals surface area contributed by atoms with Gasteiger partial charge in [-0.3, -0.25) is 4.79 Å². The number of rotatable bonds is 6. The van der Waals surface area contributed by atoms with Crippen LogP contribution in [0.5, 0.6) is 0 Å². The third kappa shape index (κ3) is 4.11. The minimum atomic E-state index is -1.24. The maximum Gasteiger partial charge on any atom is 0.257 e. The lowest BCUT2D eigenvalue weighted by atomic mass is 9.99. The van der Waals surface area contributed by atoms with E-state index in [4.69, 9.17) is 4.74 Å². The molecule has 1 fully saturated rings. The number of nitrogens with one attached hydrogen (secondary N) is 2. The molecular formula is C22H25N3O4. The molecule has 29 heavy (non-hydrogen) atoms. The van der Waals surface area contributed by atoms with Gasteiger partial charge >= 0.3 is 0 Å². The summed E-state index contributed by atoms with van der Waals surface area (Å²) in [6.07, 6.45) is 0.278. The Kier molecular flexibility index (Phi) is 5.78. The number of carbonyl (C=O) groups is 2. The van der Waals surface area contributed by atoms with E-state index in [2.05, 4.69) is 5.32 Å². The summed E-state index contributed by atoms with van der Waals surface area (Å²) in [6.45, 7) is 4.99. The van der Waals surface area contributed by atoms with Crippen LogP contribution in [0.1, 0.15) is 38.9 Å². The van der Waals surface area contributed by atoms with Crippen molar-refractivity contribution in [2.75, 3.05) is 44.7 Å². The van der Waals surface area contributed by atoms with Gasteiger partial charge in [0.25, 0.3) is 5.91 Å². The van der Waals surface area contributed by atoms with E-state index in [-0.39, 0.29) is 11.5 Å². The molecule has 1 saturated heterocycles. The molecule has 0 radical (unpaired) electrons. The minimum Gasteiger partial charge on any atom is -0.545 e. The third-order valence-electron chi connectivity index (χ3n) is 5.63. The van der Waals surface area contributed by atoms with Crippen LogP contribution in [-0.4, -0.2) is 56.2 Å². The zero-order chi connectivity index (χ0) is 20.2. The summed E-state index contributed by atoms with van der Waals surface area (Å²) in [6, 6.07) is 14.0. The number of carbonyl (C=O) groups excluding carboxylic acids is 2. The van der Waals surface area contributed by atoms with Crippen molar-refractivity contribution in [3.05, 3.63) is 65.2 Å². The highest BCUT2D eigenvalue weighted by Crippen LogP contribution is 2.34. The number of para-hydroxylation sites is 1. The molecule has 0 saturated carbocycles. The average Bonchev–Trinajstić information content (AvgIpc) is 2.76. The Hall–Kier alpha value is -2.90. The van der Waals surface area contributed by atoms with Crippen molar-refractivity contribution in [2.24, 2.45) is 0 Å². The van der Waals surface area contributed by atoms with E-state index in [0.29, 0.717) is 23.4 Å². The second-order valence-electron chi connectivity index (χ2n) is 7.43. The molecule has 0 aliphatic carbocycles. The number of carboxylic acids is 1. The number of anilines is 1. The smallest absolute Gasteiger partial charge is 0.257 e. The zero-order valence-corrected chi connectivity index (χ0v) is 16.2. The van der Waals surface area contributed by atoms with Crippen LogP contribution in [0.2, 0.25) is 0 Å². The number of ether oxygens (including phenoxy) is 1. The van der Waals surface area contributed by atoms with Crippen molar-refractivity contribution in [3.63, 3.8) is 0 Å². The van der Waals surface area contributed by atoms with Crippen LogP contribution in [0.25, 0.3) is 0 Å². The lowest BCUT2D eigenvalue weighted by molar-refractivity contribution is -0.908. The van der Waals surface area contributed by atoms with Crippen molar-refractivity contribution in [1.82, 2.24) is 4.90 Å². The second kappa shape index (κ2) is 8.63. The number of hydrogen-bond acceptors (Lipinski definition) is 5. The van der Waals surface area contributed by atoms with Gasteiger partial charge in [-0.2, -0.15) is 0 Å². The average molecular weight is 395 g/mol. The molecule has 152 valence electrons. The highest BCUT2D eigenvalue weighted by Gasteiger charge is 2.33. The Morgan fingerprint density at radius 1 is 1.14 bits per heavy atom. The first kappa shape index (κ1) is 19.4. The Morgan fingerprint density at radius 2 is 1.86 bits per heavy atom. The number of carboxylic acid groups (broad SMARTS) is 1. The fourth-order valence-corrected chi connectivity index (χ4v) is 4.10. The van der Waals surface area contributed by atoms with Crippen LogP contribution in [0.4, 0.5) is 5.69 Å². The Balaban J connectivity index is 1.60. The Labute approximate surface area is 169 Å². The summed E-state index contributed by atoms with van der Waals surface area (Å²) >= 11 is 0. The predicted molar refractivity (Wildman–Crippen MR) is 106 cm³/mol. The van der Waals surface area contributed by atoms with Crippen LogP contribution in [0, 0.1) is 0 Å². The van der Waals surface area contributed by atoms with Crippen LogP contribution in [0.15, 0.2) is 48.5 Å². The van der Waals surface area contributed by atoms with Gasteiger partial charge in [-0.05, 0) is 12.1 Å². The lowest BCUT2D eigenvalue weighted by Crippen LogP contribution is -3.14. The molecule has 2 N–H and O–H groups in total. The Bertz CT molecular complexity index is 895. The number of amides is 1. The molecule has 0 spiro atoms. The lowest BCUT2D eigenvalue weighted by Gasteiger charge is -2.39. The second-order valence-corrected chi connectivity index (χ2v) is 7.43. The number of hydrogen-bond donors (Lipinski definition) is 2. The normalized spacial score (nSPS) is 19.5. The topological polar surface area (TPSA) is 86.1 Å². The van der Waals surface area contributed by atoms with Gasteiger partial charge in [0.1, 0.15) is 19.3 Å². The largest absolute Gasteiger partial charge is 0.545 e. The minimum absolute atomic E-state index is 0.0884. The summed E-state index contributed by atoms with van der Waals surface area (Å²) in [4.78, 5) is 28.1. The molecule has 2 aromatic rings. The molecule has 4 rings (SSSR count). The van der Waals surface area contributed by atoms with Crippen molar-refractivity contribution >= 4 is 17.6 Å². The third-order valence-corrected chi connectivity index (χ3v) is 5.63. The number of quaternary nitrogens is 1. The summed E-state index contributed by atoms with van der Waals surface area (Å²) in [5.41, 5.74) is 1.95. The number of benzene rings is 2. The molecule has 0 bridgehead atoms. The predicted octanol–water partition coefficient (Wildman–Crippen LogP) is -0.0782. The van der Waals surface area contributed by atoms with Crippen molar-refractivity contribution < 1.29 is 24.3 Å².